The van der Waals surface area contributed by atoms with Gasteiger partial charge in [0.2, 0.25) is 10.0 Å². The Bertz CT molecular complexity index is 824. The Balaban J connectivity index is 0.000000500. The fourth-order valence-corrected chi connectivity index (χ4v) is 5.02. The van der Waals surface area contributed by atoms with Gasteiger partial charge in [0.15, 0.2) is 0 Å². The minimum Gasteiger partial charge on any atom is -0.398 e. The molecule has 2 aromatic rings. The third-order valence-corrected chi connectivity index (χ3v) is 7.58. The summed E-state index contributed by atoms with van der Waals surface area (Å²) < 4.78 is 28.5. The van der Waals surface area contributed by atoms with Crippen LogP contribution < -0.4 is 10.5 Å². The monoisotopic (exact) mass is 574 g/mol. The van der Waals surface area contributed by atoms with Gasteiger partial charge in [0.05, 0.1) is 11.4 Å². The first-order chi connectivity index (χ1) is 14.9. The van der Waals surface area contributed by atoms with Crippen molar-refractivity contribution in [2.45, 2.75) is 71.1 Å². The number of sulfonamides is 1. The Morgan fingerprint density at radius 3 is 1.71 bits per heavy atom. The Hall–Kier alpha value is -1.05. The molecule has 0 saturated heterocycles. The van der Waals surface area contributed by atoms with Crippen molar-refractivity contribution >= 4 is 53.3 Å². The van der Waals surface area contributed by atoms with E-state index < -0.39 is 10.0 Å². The second kappa shape index (κ2) is 16.6. The molecule has 0 atom stereocenters. The molecule has 2 rings (SSSR count). The number of halogens is 2. The van der Waals surface area contributed by atoms with Crippen LogP contribution in [0.1, 0.15) is 71.1 Å². The van der Waals surface area contributed by atoms with Gasteiger partial charge in [-0.1, -0.05) is 89.0 Å². The highest BCUT2D eigenvalue weighted by molar-refractivity contribution is 9.11. The first-order valence-corrected chi connectivity index (χ1v) is 14.3. The number of nitrogens with one attached hydrogen (secondary N) is 1. The third-order valence-electron chi connectivity index (χ3n) is 4.81. The molecule has 0 fully saturated rings. The zero-order valence-corrected chi connectivity index (χ0v) is 22.4. The summed E-state index contributed by atoms with van der Waals surface area (Å²) in [4.78, 5) is 0. The molecule has 31 heavy (non-hydrogen) atoms. The normalized spacial score (nSPS) is 10.9. The number of rotatable bonds is 13. The number of benzene rings is 2. The van der Waals surface area contributed by atoms with Gasteiger partial charge in [0.25, 0.3) is 0 Å². The van der Waals surface area contributed by atoms with Gasteiger partial charge in [-0.2, -0.15) is 0 Å². The first kappa shape index (κ1) is 28.0. The van der Waals surface area contributed by atoms with E-state index >= 15 is 0 Å². The van der Waals surface area contributed by atoms with E-state index in [0.717, 1.165) is 33.9 Å². The van der Waals surface area contributed by atoms with Crippen LogP contribution in [0.5, 0.6) is 0 Å². The number of hydrogen-bond acceptors (Lipinski definition) is 3. The predicted molar refractivity (Wildman–Crippen MR) is 142 cm³/mol. The highest BCUT2D eigenvalue weighted by Crippen LogP contribution is 2.22. The number of hydrogen-bond donors (Lipinski definition) is 2. The largest absolute Gasteiger partial charge is 0.398 e. The molecule has 0 bridgehead atoms. The molecule has 7 heteroatoms. The maximum absolute atomic E-state index is 12.1. The summed E-state index contributed by atoms with van der Waals surface area (Å²) in [5, 5.41) is 0. The fourth-order valence-electron chi connectivity index (χ4n) is 3.02. The lowest BCUT2D eigenvalue weighted by atomic mass is 10.1. The molecule has 3 N–H and O–H groups in total. The molecule has 174 valence electrons. The molecule has 0 saturated carbocycles. The summed E-state index contributed by atoms with van der Waals surface area (Å²) in [5.74, 6) is 0.199. The molecule has 2 aromatic carbocycles. The van der Waals surface area contributed by atoms with E-state index in [-0.39, 0.29) is 5.75 Å². The zero-order valence-electron chi connectivity index (χ0n) is 18.5. The van der Waals surface area contributed by atoms with E-state index in [1.807, 2.05) is 42.5 Å². The number of unbranched alkanes of at least 4 members (excludes halogenated alkanes) is 9. The van der Waals surface area contributed by atoms with E-state index in [0.29, 0.717) is 5.69 Å². The Morgan fingerprint density at radius 2 is 1.23 bits per heavy atom. The summed E-state index contributed by atoms with van der Waals surface area (Å²) in [6, 6.07) is 14.9. The number of nitrogen functional groups attached to an aromatic ring is 1. The van der Waals surface area contributed by atoms with Crippen LogP contribution in [0.15, 0.2) is 57.5 Å². The van der Waals surface area contributed by atoms with Crippen molar-refractivity contribution in [3.63, 3.8) is 0 Å². The van der Waals surface area contributed by atoms with Gasteiger partial charge in [-0.25, -0.2) is 8.42 Å². The van der Waals surface area contributed by atoms with Crippen LogP contribution in [0, 0.1) is 0 Å². The van der Waals surface area contributed by atoms with Crippen LogP contribution in [0.2, 0.25) is 0 Å². The molecule has 4 nitrogen and oxygen atoms in total. The molecule has 0 amide bonds. The van der Waals surface area contributed by atoms with E-state index in [9.17, 15) is 8.42 Å². The lowest BCUT2D eigenvalue weighted by Crippen LogP contribution is -2.16. The maximum atomic E-state index is 12.1. The van der Waals surface area contributed by atoms with E-state index in [1.165, 1.54) is 44.9 Å². The van der Waals surface area contributed by atoms with E-state index in [1.54, 1.807) is 6.07 Å². The lowest BCUT2D eigenvalue weighted by molar-refractivity contribution is 0.558. The molecule has 0 heterocycles. The van der Waals surface area contributed by atoms with Gasteiger partial charge in [0, 0.05) is 14.6 Å². The number of nitrogens with two attached hydrogens (primary N) is 1. The zero-order chi connectivity index (χ0) is 23.0. The summed E-state index contributed by atoms with van der Waals surface area (Å²) in [6.07, 6.45) is 12.0. The molecule has 0 aliphatic heterocycles. The molecule has 0 aliphatic rings. The molecule has 0 aromatic heterocycles. The second-order valence-corrected chi connectivity index (χ2v) is 11.2. The van der Waals surface area contributed by atoms with Crippen LogP contribution in [0.3, 0.4) is 0 Å². The summed E-state index contributed by atoms with van der Waals surface area (Å²) >= 11 is 6.62. The van der Waals surface area contributed by atoms with Gasteiger partial charge in [-0.15, -0.1) is 0 Å². The average molecular weight is 576 g/mol. The van der Waals surface area contributed by atoms with Gasteiger partial charge < -0.3 is 5.73 Å². The molecule has 0 radical (unpaired) electrons. The smallest absolute Gasteiger partial charge is 0.232 e. The molecule has 0 aliphatic carbocycles. The molecular weight excluding hydrogens is 540 g/mol. The average Bonchev–Trinajstić information content (AvgIpc) is 2.74. The van der Waals surface area contributed by atoms with Crippen molar-refractivity contribution in [3.8, 4) is 0 Å². The van der Waals surface area contributed by atoms with Crippen molar-refractivity contribution in [2.75, 3.05) is 16.2 Å². The van der Waals surface area contributed by atoms with Gasteiger partial charge in [-0.05, 0) is 62.5 Å². The SMILES string of the molecule is CCCCCCCCCCCCS(=O)(=O)Nc1ccccc1Br.Nc1ccccc1Br. The topological polar surface area (TPSA) is 72.2 Å². The lowest BCUT2D eigenvalue weighted by Gasteiger charge is -2.09. The van der Waals surface area contributed by atoms with Crippen molar-refractivity contribution < 1.29 is 8.42 Å². The standard InChI is InChI=1S/C18H30BrNO2S.C6H6BrN/c1-2-3-4-5-6-7-8-9-10-13-16-23(21,22)20-18-15-12-11-14-17(18)19;7-5-3-1-2-4-6(5)8/h11-12,14-15,20H,2-10,13,16H2,1H3;1-4H,8H2. The van der Waals surface area contributed by atoms with E-state index in [2.05, 4.69) is 43.5 Å². The van der Waals surface area contributed by atoms with Crippen molar-refractivity contribution in [1.82, 2.24) is 0 Å². The highest BCUT2D eigenvalue weighted by Gasteiger charge is 2.11. The summed E-state index contributed by atoms with van der Waals surface area (Å²) in [6.45, 7) is 2.24. The van der Waals surface area contributed by atoms with Crippen LogP contribution >= 0.6 is 31.9 Å². The quantitative estimate of drug-likeness (QED) is 0.187. The van der Waals surface area contributed by atoms with Gasteiger partial charge in [0.1, 0.15) is 0 Å². The Labute approximate surface area is 205 Å². The predicted octanol–water partition coefficient (Wildman–Crippen LogP) is 8.14. The van der Waals surface area contributed by atoms with Crippen molar-refractivity contribution in [2.24, 2.45) is 0 Å². The molecule has 0 spiro atoms. The third kappa shape index (κ3) is 13.9. The van der Waals surface area contributed by atoms with Crippen LogP contribution in [-0.4, -0.2) is 14.2 Å². The van der Waals surface area contributed by atoms with Crippen LogP contribution in [0.4, 0.5) is 11.4 Å². The maximum Gasteiger partial charge on any atom is 0.232 e. The Morgan fingerprint density at radius 1 is 0.742 bits per heavy atom. The number of anilines is 2. The van der Waals surface area contributed by atoms with Gasteiger partial charge >= 0.3 is 0 Å². The first-order valence-electron chi connectivity index (χ1n) is 11.1. The van der Waals surface area contributed by atoms with Gasteiger partial charge in [-0.3, -0.25) is 4.72 Å². The Kier molecular flexibility index (Phi) is 15.0. The molecular formula is C24H36Br2N2O2S. The highest BCUT2D eigenvalue weighted by atomic mass is 79.9. The van der Waals surface area contributed by atoms with Crippen LogP contribution in [0.25, 0.3) is 0 Å². The summed E-state index contributed by atoms with van der Waals surface area (Å²) in [7, 11) is -3.24. The van der Waals surface area contributed by atoms with Crippen LogP contribution in [-0.2, 0) is 10.0 Å². The van der Waals surface area contributed by atoms with E-state index in [4.69, 9.17) is 5.73 Å². The van der Waals surface area contributed by atoms with Crippen molar-refractivity contribution in [3.05, 3.63) is 57.5 Å². The minimum atomic E-state index is -3.24. The number of para-hydroxylation sites is 2. The fraction of sp³-hybridized carbons (Fsp3) is 0.500. The second-order valence-electron chi connectivity index (χ2n) is 7.60. The van der Waals surface area contributed by atoms with Crippen molar-refractivity contribution in [1.29, 1.82) is 0 Å². The summed E-state index contributed by atoms with van der Waals surface area (Å²) in [5.41, 5.74) is 6.87. The minimum absolute atomic E-state index is 0.199. The molecule has 0 unspecified atom stereocenters.